The Balaban J connectivity index is 0.000000181. The molecule has 5 heteroatoms. The lowest BCUT2D eigenvalue weighted by Crippen LogP contribution is -2.18. The van der Waals surface area contributed by atoms with Crippen LogP contribution >= 0.6 is 0 Å². The van der Waals surface area contributed by atoms with Gasteiger partial charge in [-0.05, 0) is 37.6 Å². The minimum absolute atomic E-state index is 0.363. The van der Waals surface area contributed by atoms with Crippen molar-refractivity contribution in [1.29, 1.82) is 5.26 Å². The van der Waals surface area contributed by atoms with E-state index in [9.17, 15) is 4.79 Å². The Bertz CT molecular complexity index is 473. The Hall–Kier alpha value is -2.06. The maximum atomic E-state index is 9.96. The van der Waals surface area contributed by atoms with Crippen LogP contribution in [-0.2, 0) is 9.53 Å². The van der Waals surface area contributed by atoms with E-state index in [1.165, 1.54) is 0 Å². The third-order valence-corrected chi connectivity index (χ3v) is 2.40. The molecule has 5 nitrogen and oxygen atoms in total. The zero-order valence-electron chi connectivity index (χ0n) is 9.73. The van der Waals surface area contributed by atoms with E-state index in [0.717, 1.165) is 5.56 Å². The van der Waals surface area contributed by atoms with E-state index in [1.54, 1.807) is 25.1 Å². The minimum Gasteiger partial charge on any atom is -0.479 e. The van der Waals surface area contributed by atoms with Crippen molar-refractivity contribution >= 4 is 11.7 Å². The lowest BCUT2D eigenvalue weighted by Gasteiger charge is -1.96. The van der Waals surface area contributed by atoms with Crippen molar-refractivity contribution < 1.29 is 14.6 Å². The van der Waals surface area contributed by atoms with Gasteiger partial charge in [0.05, 0.1) is 18.2 Å². The van der Waals surface area contributed by atoms with Crippen molar-refractivity contribution in [2.75, 3.05) is 12.3 Å². The first-order valence-electron chi connectivity index (χ1n) is 5.02. The molecule has 1 fully saturated rings. The largest absolute Gasteiger partial charge is 0.479 e. The summed E-state index contributed by atoms with van der Waals surface area (Å²) in [6.07, 6.45) is 0. The molecular formula is C12H14N2O3. The summed E-state index contributed by atoms with van der Waals surface area (Å²) in [4.78, 5) is 9.96. The Labute approximate surface area is 99.4 Å². The van der Waals surface area contributed by atoms with Gasteiger partial charge in [0, 0.05) is 5.69 Å². The Morgan fingerprint density at radius 2 is 2.24 bits per heavy atom. The van der Waals surface area contributed by atoms with Crippen molar-refractivity contribution in [3.8, 4) is 6.07 Å². The maximum absolute atomic E-state index is 9.96. The number of rotatable bonds is 1. The minimum atomic E-state index is -0.868. The van der Waals surface area contributed by atoms with E-state index in [4.69, 9.17) is 16.1 Å². The van der Waals surface area contributed by atoms with Gasteiger partial charge in [-0.1, -0.05) is 0 Å². The molecule has 17 heavy (non-hydrogen) atoms. The molecule has 1 heterocycles. The van der Waals surface area contributed by atoms with Crippen LogP contribution in [0.2, 0.25) is 0 Å². The molecule has 1 atom stereocenters. The van der Waals surface area contributed by atoms with Crippen LogP contribution in [0.4, 0.5) is 5.69 Å². The summed E-state index contributed by atoms with van der Waals surface area (Å²) in [7, 11) is 0. The molecule has 0 amide bonds. The highest BCUT2D eigenvalue weighted by atomic mass is 16.6. The molecule has 1 aromatic carbocycles. The van der Waals surface area contributed by atoms with Crippen LogP contribution in [-0.4, -0.2) is 23.3 Å². The molecule has 0 spiro atoms. The van der Waals surface area contributed by atoms with Crippen molar-refractivity contribution in [3.05, 3.63) is 29.3 Å². The molecule has 1 aromatic rings. The van der Waals surface area contributed by atoms with E-state index < -0.39 is 11.6 Å². The molecule has 0 aliphatic carbocycles. The molecule has 1 aliphatic rings. The van der Waals surface area contributed by atoms with Crippen LogP contribution in [0.1, 0.15) is 18.1 Å². The van der Waals surface area contributed by atoms with Crippen LogP contribution < -0.4 is 5.73 Å². The van der Waals surface area contributed by atoms with Crippen molar-refractivity contribution in [1.82, 2.24) is 0 Å². The average Bonchev–Trinajstić information content (AvgIpc) is 2.99. The smallest absolute Gasteiger partial charge is 0.338 e. The van der Waals surface area contributed by atoms with E-state index in [1.807, 2.05) is 6.92 Å². The first-order valence-corrected chi connectivity index (χ1v) is 5.02. The highest BCUT2D eigenvalue weighted by Crippen LogP contribution is 2.25. The first-order chi connectivity index (χ1) is 7.89. The number of benzene rings is 1. The van der Waals surface area contributed by atoms with Gasteiger partial charge in [-0.3, -0.25) is 0 Å². The fourth-order valence-electron chi connectivity index (χ4n) is 1.04. The number of anilines is 1. The number of aryl methyl sites for hydroxylation is 1. The molecule has 1 aliphatic heterocycles. The van der Waals surface area contributed by atoms with Crippen molar-refractivity contribution in [3.63, 3.8) is 0 Å². The zero-order valence-corrected chi connectivity index (χ0v) is 9.73. The fourth-order valence-corrected chi connectivity index (χ4v) is 1.04. The van der Waals surface area contributed by atoms with Crippen LogP contribution in [0, 0.1) is 18.3 Å². The summed E-state index contributed by atoms with van der Waals surface area (Å²) in [5.74, 6) is -0.868. The quantitative estimate of drug-likeness (QED) is 0.563. The molecule has 0 radical (unpaired) electrons. The third-order valence-electron chi connectivity index (χ3n) is 2.40. The molecule has 0 aromatic heterocycles. The molecule has 0 bridgehead atoms. The number of hydrogen-bond donors (Lipinski definition) is 2. The lowest BCUT2D eigenvalue weighted by molar-refractivity contribution is -0.142. The van der Waals surface area contributed by atoms with E-state index in [0.29, 0.717) is 17.9 Å². The second kappa shape index (κ2) is 4.85. The topological polar surface area (TPSA) is 99.6 Å². The van der Waals surface area contributed by atoms with Gasteiger partial charge in [-0.2, -0.15) is 5.26 Å². The Morgan fingerprint density at radius 1 is 1.65 bits per heavy atom. The maximum Gasteiger partial charge on any atom is 0.338 e. The average molecular weight is 234 g/mol. The number of epoxide rings is 1. The zero-order chi connectivity index (χ0) is 13.1. The van der Waals surface area contributed by atoms with Crippen LogP contribution in [0.3, 0.4) is 0 Å². The predicted octanol–water partition coefficient (Wildman–Crippen LogP) is 1.31. The van der Waals surface area contributed by atoms with Gasteiger partial charge in [-0.25, -0.2) is 4.79 Å². The summed E-state index contributed by atoms with van der Waals surface area (Å²) in [6, 6.07) is 7.31. The number of hydrogen-bond acceptors (Lipinski definition) is 4. The second-order valence-electron chi connectivity index (χ2n) is 4.01. The third kappa shape index (κ3) is 3.47. The number of nitrogens with zero attached hydrogens (tertiary/aromatic N) is 1. The number of ether oxygens (including phenoxy) is 1. The van der Waals surface area contributed by atoms with Crippen LogP contribution in [0.5, 0.6) is 0 Å². The van der Waals surface area contributed by atoms with Gasteiger partial charge in [0.1, 0.15) is 0 Å². The normalized spacial score (nSPS) is 20.8. The number of nitriles is 1. The molecule has 0 saturated carbocycles. The number of carboxylic acids is 1. The summed E-state index contributed by atoms with van der Waals surface area (Å²) < 4.78 is 4.56. The van der Waals surface area contributed by atoms with Crippen molar-refractivity contribution in [2.45, 2.75) is 19.4 Å². The predicted molar refractivity (Wildman–Crippen MR) is 62.3 cm³/mol. The van der Waals surface area contributed by atoms with Crippen molar-refractivity contribution in [2.24, 2.45) is 0 Å². The summed E-state index contributed by atoms with van der Waals surface area (Å²) in [6.45, 7) is 3.78. The second-order valence-corrected chi connectivity index (χ2v) is 4.01. The van der Waals surface area contributed by atoms with Gasteiger partial charge in [0.25, 0.3) is 0 Å². The number of carboxylic acid groups (broad SMARTS) is 1. The monoisotopic (exact) mass is 234 g/mol. The first kappa shape index (κ1) is 13.0. The lowest BCUT2D eigenvalue weighted by atomic mass is 10.1. The number of carbonyl (C=O) groups is 1. The van der Waals surface area contributed by atoms with E-state index in [-0.39, 0.29) is 0 Å². The highest BCUT2D eigenvalue weighted by molar-refractivity contribution is 5.79. The highest BCUT2D eigenvalue weighted by Gasteiger charge is 2.47. The van der Waals surface area contributed by atoms with E-state index in [2.05, 4.69) is 10.8 Å². The molecule has 1 unspecified atom stereocenters. The summed E-state index contributed by atoms with van der Waals surface area (Å²) in [5, 5.41) is 16.7. The van der Waals surface area contributed by atoms with Crippen LogP contribution in [0.15, 0.2) is 18.2 Å². The molecule has 1 saturated heterocycles. The van der Waals surface area contributed by atoms with Gasteiger partial charge in [0.2, 0.25) is 0 Å². The Morgan fingerprint density at radius 3 is 2.53 bits per heavy atom. The molecule has 2 rings (SSSR count). The Kier molecular flexibility index (Phi) is 3.71. The van der Waals surface area contributed by atoms with Gasteiger partial charge < -0.3 is 15.6 Å². The van der Waals surface area contributed by atoms with Gasteiger partial charge in [-0.15, -0.1) is 0 Å². The fraction of sp³-hybridized carbons (Fsp3) is 0.333. The van der Waals surface area contributed by atoms with Crippen LogP contribution in [0.25, 0.3) is 0 Å². The summed E-state index contributed by atoms with van der Waals surface area (Å²) >= 11 is 0. The standard InChI is InChI=1S/C8H8N2.C4H6O3/c1-6-4-8(10)3-2-7(6)5-9;1-4(2-7-4)3(5)6/h2-4H,10H2,1H3;2H2,1H3,(H,5,6). The van der Waals surface area contributed by atoms with E-state index >= 15 is 0 Å². The van der Waals surface area contributed by atoms with Gasteiger partial charge >= 0.3 is 5.97 Å². The van der Waals surface area contributed by atoms with Gasteiger partial charge in [0.15, 0.2) is 5.60 Å². The number of aliphatic carboxylic acids is 1. The summed E-state index contributed by atoms with van der Waals surface area (Å²) in [5.41, 5.74) is 6.97. The molecular weight excluding hydrogens is 220 g/mol. The molecule has 3 N–H and O–H groups in total. The number of nitrogen functional groups attached to an aromatic ring is 1. The SMILES string of the molecule is CC1(C(=O)O)CO1.Cc1cc(N)ccc1C#N. The number of nitrogens with two attached hydrogens (primary N) is 1. The molecule has 90 valence electrons.